The summed E-state index contributed by atoms with van der Waals surface area (Å²) in [5, 5.41) is 3.65. The highest BCUT2D eigenvalue weighted by atomic mass is 32.2. The van der Waals surface area contributed by atoms with E-state index in [9.17, 15) is 8.42 Å². The highest BCUT2D eigenvalue weighted by molar-refractivity contribution is 7.94. The third kappa shape index (κ3) is 5.31. The maximum absolute atomic E-state index is 13.6. The Labute approximate surface area is 214 Å². The van der Waals surface area contributed by atoms with Crippen LogP contribution in [-0.2, 0) is 21.3 Å². The molecule has 1 saturated heterocycles. The third-order valence-electron chi connectivity index (χ3n) is 6.20. The van der Waals surface area contributed by atoms with Gasteiger partial charge in [0.1, 0.15) is 9.22 Å². The van der Waals surface area contributed by atoms with Gasteiger partial charge in [-0.05, 0) is 56.4 Å². The summed E-state index contributed by atoms with van der Waals surface area (Å²) in [7, 11) is -3.72. The number of H-pyrrole nitrogens is 1. The van der Waals surface area contributed by atoms with Gasteiger partial charge in [0.05, 0.1) is 30.0 Å². The lowest BCUT2D eigenvalue weighted by Crippen LogP contribution is -2.34. The van der Waals surface area contributed by atoms with Crippen molar-refractivity contribution in [1.82, 2.24) is 14.9 Å². The number of rotatable bonds is 10. The van der Waals surface area contributed by atoms with Crippen LogP contribution in [0.1, 0.15) is 31.1 Å². The number of hydrogen-bond acceptors (Lipinski definition) is 7. The van der Waals surface area contributed by atoms with Crippen molar-refractivity contribution in [1.29, 1.82) is 0 Å². The molecule has 1 aliphatic heterocycles. The first kappa shape index (κ1) is 24.5. The number of anilines is 1. The van der Waals surface area contributed by atoms with Crippen molar-refractivity contribution in [2.45, 2.75) is 36.9 Å². The second-order valence-corrected chi connectivity index (χ2v) is 12.8. The lowest BCUT2D eigenvalue weighted by Gasteiger charge is -2.25. The zero-order chi connectivity index (χ0) is 24.3. The van der Waals surface area contributed by atoms with Crippen molar-refractivity contribution in [3.8, 4) is 10.7 Å². The van der Waals surface area contributed by atoms with Gasteiger partial charge in [-0.3, -0.25) is 9.21 Å². The molecule has 1 aliphatic rings. The molecule has 0 saturated carbocycles. The van der Waals surface area contributed by atoms with Crippen LogP contribution >= 0.6 is 22.7 Å². The molecule has 7 nitrogen and oxygen atoms in total. The molecule has 0 aliphatic carbocycles. The summed E-state index contributed by atoms with van der Waals surface area (Å²) in [6, 6.07) is 11.2. The zero-order valence-corrected chi connectivity index (χ0v) is 22.2. The number of piperidine rings is 1. The summed E-state index contributed by atoms with van der Waals surface area (Å²) in [5.74, 6) is 0. The largest absolute Gasteiger partial charge is 0.380 e. The SMILES string of the molecule is CCOCCN(c1cccc2cc(-c3ncc(CN4CCCCC4)s3)[nH]c12)S(=O)(=O)c1cccs1. The quantitative estimate of drug-likeness (QED) is 0.271. The van der Waals surface area contributed by atoms with Crippen LogP contribution in [0.15, 0.2) is 52.2 Å². The zero-order valence-electron chi connectivity index (χ0n) is 19.8. The van der Waals surface area contributed by atoms with Gasteiger partial charge in [-0.15, -0.1) is 22.7 Å². The number of benzene rings is 1. The van der Waals surface area contributed by atoms with Crippen LogP contribution in [0.2, 0.25) is 0 Å². The number of hydrogen-bond donors (Lipinski definition) is 1. The van der Waals surface area contributed by atoms with E-state index in [0.29, 0.717) is 23.1 Å². The second-order valence-electron chi connectivity index (χ2n) is 8.60. The van der Waals surface area contributed by atoms with Gasteiger partial charge >= 0.3 is 0 Å². The Morgan fingerprint density at radius 1 is 1.17 bits per heavy atom. The Morgan fingerprint density at radius 3 is 2.80 bits per heavy atom. The first-order valence-electron chi connectivity index (χ1n) is 12.0. The van der Waals surface area contributed by atoms with Crippen molar-refractivity contribution in [2.75, 3.05) is 37.2 Å². The molecule has 0 amide bonds. The molecule has 5 rings (SSSR count). The minimum Gasteiger partial charge on any atom is -0.380 e. The minimum atomic E-state index is -3.72. The van der Waals surface area contributed by atoms with Crippen LogP contribution < -0.4 is 4.31 Å². The lowest BCUT2D eigenvalue weighted by molar-refractivity contribution is 0.156. The molecular formula is C25H30N4O3S3. The molecule has 0 bridgehead atoms. The molecule has 1 N–H and O–H groups in total. The van der Waals surface area contributed by atoms with E-state index in [1.54, 1.807) is 28.8 Å². The number of para-hydroxylation sites is 1. The van der Waals surface area contributed by atoms with Crippen LogP contribution in [0.3, 0.4) is 0 Å². The maximum Gasteiger partial charge on any atom is 0.273 e. The summed E-state index contributed by atoms with van der Waals surface area (Å²) in [6.45, 7) is 6.24. The van der Waals surface area contributed by atoms with Gasteiger partial charge in [-0.2, -0.15) is 0 Å². The fourth-order valence-electron chi connectivity index (χ4n) is 4.49. The Kier molecular flexibility index (Phi) is 7.54. The molecule has 0 atom stereocenters. The summed E-state index contributed by atoms with van der Waals surface area (Å²) >= 11 is 2.92. The number of likely N-dealkylation sites (tertiary alicyclic amines) is 1. The first-order chi connectivity index (χ1) is 17.1. The number of thiazole rings is 1. The molecule has 1 fully saturated rings. The highest BCUT2D eigenvalue weighted by Crippen LogP contribution is 2.35. The molecule has 0 spiro atoms. The fraction of sp³-hybridized carbons (Fsp3) is 0.400. The first-order valence-corrected chi connectivity index (χ1v) is 15.1. The van der Waals surface area contributed by atoms with Crippen molar-refractivity contribution < 1.29 is 13.2 Å². The van der Waals surface area contributed by atoms with Gasteiger partial charge in [-0.1, -0.05) is 24.6 Å². The second kappa shape index (κ2) is 10.8. The van der Waals surface area contributed by atoms with E-state index in [1.165, 1.54) is 39.8 Å². The molecule has 1 aromatic carbocycles. The minimum absolute atomic E-state index is 0.235. The van der Waals surface area contributed by atoms with Crippen LogP contribution in [0.25, 0.3) is 21.6 Å². The number of aromatic amines is 1. The molecule has 0 radical (unpaired) electrons. The van der Waals surface area contributed by atoms with E-state index in [-0.39, 0.29) is 6.54 Å². The molecule has 4 aromatic rings. The van der Waals surface area contributed by atoms with Gasteiger partial charge in [0.25, 0.3) is 10.0 Å². The maximum atomic E-state index is 13.6. The van der Waals surface area contributed by atoms with Crippen LogP contribution in [0.4, 0.5) is 5.69 Å². The van der Waals surface area contributed by atoms with Crippen molar-refractivity contribution >= 4 is 49.3 Å². The smallest absolute Gasteiger partial charge is 0.273 e. The van der Waals surface area contributed by atoms with Crippen molar-refractivity contribution in [3.05, 3.63) is 52.9 Å². The molecule has 186 valence electrons. The number of nitrogens with zero attached hydrogens (tertiary/aromatic N) is 3. The standard InChI is InChI=1S/C25H30N4O3S3/c1-2-32-14-13-29(35(30,31)23-10-7-15-33-23)22-9-6-8-19-16-21(27-24(19)22)25-26-17-20(34-25)18-28-11-4-3-5-12-28/h6-10,15-17,27H,2-5,11-14,18H2,1H3. The Balaban J connectivity index is 1.47. The van der Waals surface area contributed by atoms with E-state index in [1.807, 2.05) is 31.3 Å². The predicted molar refractivity (Wildman–Crippen MR) is 144 cm³/mol. The summed E-state index contributed by atoms with van der Waals surface area (Å²) < 4.78 is 34.4. The third-order valence-corrected chi connectivity index (χ3v) is 10.4. The van der Waals surface area contributed by atoms with Crippen LogP contribution in [0, 0.1) is 0 Å². The molecule has 10 heteroatoms. The monoisotopic (exact) mass is 530 g/mol. The number of nitrogens with one attached hydrogen (secondary N) is 1. The van der Waals surface area contributed by atoms with Gasteiger partial charge in [-0.25, -0.2) is 13.4 Å². The van der Waals surface area contributed by atoms with E-state index < -0.39 is 10.0 Å². The number of sulfonamides is 1. The number of aromatic nitrogens is 2. The summed E-state index contributed by atoms with van der Waals surface area (Å²) in [5.41, 5.74) is 2.31. The molecule has 3 aromatic heterocycles. The van der Waals surface area contributed by atoms with Gasteiger partial charge < -0.3 is 9.72 Å². The molecular weight excluding hydrogens is 501 g/mol. The molecule has 0 unspecified atom stereocenters. The molecule has 4 heterocycles. The Hall–Kier alpha value is -2.24. The number of fused-ring (bicyclic) bond motifs is 1. The van der Waals surface area contributed by atoms with Gasteiger partial charge in [0.15, 0.2) is 0 Å². The lowest BCUT2D eigenvalue weighted by atomic mass is 10.1. The summed E-state index contributed by atoms with van der Waals surface area (Å²) in [4.78, 5) is 11.9. The van der Waals surface area contributed by atoms with Crippen molar-refractivity contribution in [3.63, 3.8) is 0 Å². The fourth-order valence-corrected chi connectivity index (χ4v) is 7.98. The van der Waals surface area contributed by atoms with Crippen molar-refractivity contribution in [2.24, 2.45) is 0 Å². The number of ether oxygens (including phenoxy) is 1. The topological polar surface area (TPSA) is 78.5 Å². The summed E-state index contributed by atoms with van der Waals surface area (Å²) in [6.07, 6.45) is 5.83. The molecule has 35 heavy (non-hydrogen) atoms. The van der Waals surface area contributed by atoms with E-state index >= 15 is 0 Å². The Morgan fingerprint density at radius 2 is 2.03 bits per heavy atom. The Bertz CT molecular complexity index is 1360. The van der Waals surface area contributed by atoms with E-state index in [2.05, 4.69) is 20.9 Å². The predicted octanol–water partition coefficient (Wildman–Crippen LogP) is 5.57. The normalized spacial score (nSPS) is 15.1. The average molecular weight is 531 g/mol. The number of thiophene rings is 1. The highest BCUT2D eigenvalue weighted by Gasteiger charge is 2.28. The average Bonchev–Trinajstić information content (AvgIpc) is 3.63. The van der Waals surface area contributed by atoms with E-state index in [4.69, 9.17) is 4.74 Å². The van der Waals surface area contributed by atoms with Gasteiger partial charge in [0.2, 0.25) is 0 Å². The van der Waals surface area contributed by atoms with Crippen LogP contribution in [0.5, 0.6) is 0 Å². The van der Waals surface area contributed by atoms with E-state index in [0.717, 1.165) is 41.2 Å². The van der Waals surface area contributed by atoms with Crippen LogP contribution in [-0.4, -0.2) is 56.1 Å². The van der Waals surface area contributed by atoms with Gasteiger partial charge in [0, 0.05) is 29.6 Å².